The third-order valence-electron chi connectivity index (χ3n) is 4.01. The molecule has 1 aromatic heterocycles. The fourth-order valence-electron chi connectivity index (χ4n) is 2.97. The fraction of sp³-hybridized carbons (Fsp3) is 0.0526. The van der Waals surface area contributed by atoms with E-state index in [0.29, 0.717) is 11.1 Å². The Bertz CT molecular complexity index is 996. The summed E-state index contributed by atoms with van der Waals surface area (Å²) in [5.74, 6) is -0.155. The summed E-state index contributed by atoms with van der Waals surface area (Å²) >= 11 is 1.63. The van der Waals surface area contributed by atoms with Crippen molar-refractivity contribution in [3.05, 3.63) is 66.0 Å². The summed E-state index contributed by atoms with van der Waals surface area (Å²) in [6.07, 6.45) is 0. The van der Waals surface area contributed by atoms with E-state index in [2.05, 4.69) is 0 Å². The number of halogens is 1. The molecule has 1 N–H and O–H groups in total. The summed E-state index contributed by atoms with van der Waals surface area (Å²) in [5, 5.41) is 12.6. The van der Waals surface area contributed by atoms with E-state index in [1.54, 1.807) is 23.5 Å². The minimum Gasteiger partial charge on any atom is -0.507 e. The molecule has 0 aliphatic rings. The predicted octanol–water partition coefficient (Wildman–Crippen LogP) is 5.87. The van der Waals surface area contributed by atoms with Gasteiger partial charge in [0.25, 0.3) is 0 Å². The highest BCUT2D eigenvalue weighted by Gasteiger charge is 2.17. The first-order chi connectivity index (χ1) is 10.7. The van der Waals surface area contributed by atoms with Crippen LogP contribution < -0.4 is 0 Å². The third-order valence-corrected chi connectivity index (χ3v) is 5.14. The highest BCUT2D eigenvalue weighted by atomic mass is 32.1. The van der Waals surface area contributed by atoms with Crippen LogP contribution in [0.3, 0.4) is 0 Å². The van der Waals surface area contributed by atoms with Crippen LogP contribution in [-0.2, 0) is 0 Å². The van der Waals surface area contributed by atoms with Gasteiger partial charge in [-0.3, -0.25) is 0 Å². The van der Waals surface area contributed by atoms with Crippen LogP contribution in [0.5, 0.6) is 5.75 Å². The quantitative estimate of drug-likeness (QED) is 0.466. The van der Waals surface area contributed by atoms with Crippen LogP contribution in [0, 0.1) is 12.7 Å². The van der Waals surface area contributed by atoms with Crippen LogP contribution in [0.15, 0.2) is 54.6 Å². The molecule has 0 spiro atoms. The van der Waals surface area contributed by atoms with Gasteiger partial charge in [-0.15, -0.1) is 11.3 Å². The third kappa shape index (κ3) is 1.82. The number of benzene rings is 3. The zero-order chi connectivity index (χ0) is 15.3. The van der Waals surface area contributed by atoms with Crippen LogP contribution in [0.4, 0.5) is 4.39 Å². The van der Waals surface area contributed by atoms with Gasteiger partial charge in [-0.2, -0.15) is 0 Å². The lowest BCUT2D eigenvalue weighted by Crippen LogP contribution is -1.89. The van der Waals surface area contributed by atoms with Crippen LogP contribution in [0.25, 0.3) is 31.3 Å². The van der Waals surface area contributed by atoms with E-state index in [1.165, 1.54) is 6.07 Å². The summed E-state index contributed by atoms with van der Waals surface area (Å²) in [6.45, 7) is 1.85. The first kappa shape index (κ1) is 13.3. The molecule has 0 bridgehead atoms. The molecule has 1 nitrogen and oxygen atoms in total. The maximum Gasteiger partial charge on any atom is 0.132 e. The number of hydrogen-bond donors (Lipinski definition) is 1. The molecule has 0 radical (unpaired) electrons. The van der Waals surface area contributed by atoms with Crippen LogP contribution >= 0.6 is 11.3 Å². The van der Waals surface area contributed by atoms with Crippen molar-refractivity contribution in [2.45, 2.75) is 6.92 Å². The second-order valence-corrected chi connectivity index (χ2v) is 6.45. The molecule has 0 unspecified atom stereocenters. The number of phenolic OH excluding ortho intramolecular Hbond substituents is 1. The van der Waals surface area contributed by atoms with Crippen molar-refractivity contribution < 1.29 is 9.50 Å². The van der Waals surface area contributed by atoms with Gasteiger partial charge in [0.15, 0.2) is 0 Å². The highest BCUT2D eigenvalue weighted by molar-refractivity contribution is 7.25. The zero-order valence-corrected chi connectivity index (χ0v) is 12.7. The Morgan fingerprint density at radius 3 is 2.55 bits per heavy atom. The Labute approximate surface area is 131 Å². The van der Waals surface area contributed by atoms with E-state index in [1.807, 2.05) is 43.3 Å². The average Bonchev–Trinajstić information content (AvgIpc) is 2.88. The standard InChI is InChI=1S/C19H13FOS/c1-11-5-4-7-14(20)17(11)13-9-10-16-18(19(13)21)12-6-2-3-8-15(12)22-16/h2-10,21H,1H3. The second-order valence-electron chi connectivity index (χ2n) is 5.36. The summed E-state index contributed by atoms with van der Waals surface area (Å²) in [7, 11) is 0. The lowest BCUT2D eigenvalue weighted by Gasteiger charge is -2.10. The molecule has 4 rings (SSSR count). The fourth-order valence-corrected chi connectivity index (χ4v) is 4.08. The Hall–Kier alpha value is -2.39. The molecular weight excluding hydrogens is 295 g/mol. The molecule has 0 fully saturated rings. The molecular formula is C19H13FOS. The predicted molar refractivity (Wildman–Crippen MR) is 91.1 cm³/mol. The minimum absolute atomic E-state index is 0.156. The average molecular weight is 308 g/mol. The number of aryl methyl sites for hydroxylation is 1. The molecule has 0 saturated carbocycles. The monoisotopic (exact) mass is 308 g/mol. The number of fused-ring (bicyclic) bond motifs is 3. The molecule has 3 heteroatoms. The van der Waals surface area contributed by atoms with Gasteiger partial charge < -0.3 is 5.11 Å². The van der Waals surface area contributed by atoms with Crippen molar-refractivity contribution in [3.63, 3.8) is 0 Å². The molecule has 4 aromatic rings. The lowest BCUT2D eigenvalue weighted by molar-refractivity contribution is 0.483. The van der Waals surface area contributed by atoms with Crippen molar-refractivity contribution in [1.29, 1.82) is 0 Å². The number of phenols is 1. The molecule has 3 aromatic carbocycles. The van der Waals surface area contributed by atoms with Crippen molar-refractivity contribution in [2.24, 2.45) is 0 Å². The number of hydrogen-bond acceptors (Lipinski definition) is 2. The van der Waals surface area contributed by atoms with Crippen molar-refractivity contribution in [3.8, 4) is 16.9 Å². The summed E-state index contributed by atoms with van der Waals surface area (Å²) < 4.78 is 16.4. The molecule has 0 aliphatic heterocycles. The summed E-state index contributed by atoms with van der Waals surface area (Å²) in [6, 6.07) is 16.7. The smallest absolute Gasteiger partial charge is 0.132 e. The number of rotatable bonds is 1. The molecule has 108 valence electrons. The van der Waals surface area contributed by atoms with Gasteiger partial charge in [0, 0.05) is 31.3 Å². The molecule has 22 heavy (non-hydrogen) atoms. The van der Waals surface area contributed by atoms with E-state index >= 15 is 0 Å². The first-order valence-electron chi connectivity index (χ1n) is 7.05. The van der Waals surface area contributed by atoms with E-state index in [9.17, 15) is 9.50 Å². The zero-order valence-electron chi connectivity index (χ0n) is 11.9. The minimum atomic E-state index is -0.311. The normalized spacial score (nSPS) is 11.4. The topological polar surface area (TPSA) is 20.2 Å². The Balaban J connectivity index is 2.12. The second kappa shape index (κ2) is 4.82. The molecule has 0 amide bonds. The van der Waals surface area contributed by atoms with Gasteiger partial charge in [0.05, 0.1) is 0 Å². The number of thiophene rings is 1. The first-order valence-corrected chi connectivity index (χ1v) is 7.87. The van der Waals surface area contributed by atoms with E-state index in [0.717, 1.165) is 25.7 Å². The molecule has 0 saturated heterocycles. The summed E-state index contributed by atoms with van der Waals surface area (Å²) in [5.41, 5.74) is 1.83. The Morgan fingerprint density at radius 2 is 1.73 bits per heavy atom. The Morgan fingerprint density at radius 1 is 0.909 bits per heavy atom. The SMILES string of the molecule is Cc1cccc(F)c1-c1ccc2sc3ccccc3c2c1O. The van der Waals surface area contributed by atoms with E-state index in [4.69, 9.17) is 0 Å². The molecule has 1 heterocycles. The molecule has 0 atom stereocenters. The molecule has 0 aliphatic carbocycles. The van der Waals surface area contributed by atoms with Gasteiger partial charge in [0.2, 0.25) is 0 Å². The summed E-state index contributed by atoms with van der Waals surface area (Å²) in [4.78, 5) is 0. The van der Waals surface area contributed by atoms with Gasteiger partial charge in [-0.25, -0.2) is 4.39 Å². The van der Waals surface area contributed by atoms with E-state index < -0.39 is 0 Å². The highest BCUT2D eigenvalue weighted by Crippen LogP contribution is 2.44. The number of aromatic hydroxyl groups is 1. The van der Waals surface area contributed by atoms with Crippen LogP contribution in [-0.4, -0.2) is 5.11 Å². The lowest BCUT2D eigenvalue weighted by atomic mass is 9.97. The van der Waals surface area contributed by atoms with Crippen LogP contribution in [0.1, 0.15) is 5.56 Å². The van der Waals surface area contributed by atoms with Crippen molar-refractivity contribution >= 4 is 31.5 Å². The van der Waals surface area contributed by atoms with Gasteiger partial charge in [-0.1, -0.05) is 30.3 Å². The van der Waals surface area contributed by atoms with Gasteiger partial charge >= 0.3 is 0 Å². The maximum atomic E-state index is 14.2. The van der Waals surface area contributed by atoms with Gasteiger partial charge in [-0.05, 0) is 36.8 Å². The van der Waals surface area contributed by atoms with Crippen molar-refractivity contribution in [1.82, 2.24) is 0 Å². The van der Waals surface area contributed by atoms with E-state index in [-0.39, 0.29) is 11.6 Å². The van der Waals surface area contributed by atoms with Gasteiger partial charge in [0.1, 0.15) is 11.6 Å². The Kier molecular flexibility index (Phi) is 2.91. The van der Waals surface area contributed by atoms with Crippen molar-refractivity contribution in [2.75, 3.05) is 0 Å². The largest absolute Gasteiger partial charge is 0.507 e. The maximum absolute atomic E-state index is 14.2. The van der Waals surface area contributed by atoms with Crippen LogP contribution in [0.2, 0.25) is 0 Å².